The number of carbonyl (C=O) groups is 2. The van der Waals surface area contributed by atoms with E-state index in [0.29, 0.717) is 12.6 Å². The second kappa shape index (κ2) is 13.7. The molecule has 2 aliphatic heterocycles. The third kappa shape index (κ3) is 7.80. The predicted molar refractivity (Wildman–Crippen MR) is 152 cm³/mol. The minimum atomic E-state index is -1.33. The van der Waals surface area contributed by atoms with Crippen LogP contribution in [0.2, 0.25) is 0 Å². The van der Waals surface area contributed by atoms with Gasteiger partial charge < -0.3 is 29.5 Å². The van der Waals surface area contributed by atoms with Crippen molar-refractivity contribution >= 4 is 23.9 Å². The average molecular weight is 616 g/mol. The van der Waals surface area contributed by atoms with Gasteiger partial charge in [0.15, 0.2) is 17.4 Å². The highest BCUT2D eigenvalue weighted by atomic mass is 19.1. The Morgan fingerprint density at radius 1 is 1.05 bits per heavy atom. The number of carbonyl (C=O) groups excluding carboxylic acids is 2. The molecule has 2 aromatic heterocycles. The van der Waals surface area contributed by atoms with Crippen molar-refractivity contribution in [3.05, 3.63) is 54.5 Å². The van der Waals surface area contributed by atoms with E-state index >= 15 is 4.39 Å². The van der Waals surface area contributed by atoms with Crippen LogP contribution in [0, 0.1) is 11.6 Å². The van der Waals surface area contributed by atoms with Crippen LogP contribution >= 0.6 is 0 Å². The second-order valence-corrected chi connectivity index (χ2v) is 10.6. The Morgan fingerprint density at radius 3 is 2.64 bits per heavy atom. The molecule has 0 unspecified atom stereocenters. The van der Waals surface area contributed by atoms with Gasteiger partial charge in [0.1, 0.15) is 12.0 Å². The molecule has 3 amide bonds. The number of hydrogen-bond donors (Lipinski definition) is 2. The predicted octanol–water partition coefficient (Wildman–Crippen LogP) is 3.60. The van der Waals surface area contributed by atoms with Crippen molar-refractivity contribution in [1.82, 2.24) is 35.1 Å². The van der Waals surface area contributed by atoms with E-state index in [-0.39, 0.29) is 48.3 Å². The Morgan fingerprint density at radius 2 is 1.89 bits per heavy atom. The van der Waals surface area contributed by atoms with Crippen molar-refractivity contribution in [2.45, 2.75) is 37.5 Å². The molecule has 2 saturated heterocycles. The molecule has 2 fully saturated rings. The lowest BCUT2D eigenvalue weighted by Crippen LogP contribution is -2.55. The van der Waals surface area contributed by atoms with Gasteiger partial charge in [0.2, 0.25) is 17.7 Å². The van der Waals surface area contributed by atoms with Gasteiger partial charge in [-0.25, -0.2) is 37.7 Å². The number of alkyl halides is 1. The number of halogens is 3. The van der Waals surface area contributed by atoms with Crippen LogP contribution in [0.25, 0.3) is 0 Å². The number of amides is 3. The standard InChI is InChI=1S/C28H32F3N9O4/c1-38-10-3-4-18(15-38)35-28(42)44-24-7-9-32-26(37-24)40-11-8-19(30)21(16-40)39(2)27(41)36-23-13-34-25(14-33-23)43-22-6-5-17(29)12-20(22)31/h5-7,9,12-14,18-19,21H,3-4,8,10-11,15-16H2,1-2H3,(H,35,42)(H,33,36,41)/t18-,19+,21-/m0/s1. The van der Waals surface area contributed by atoms with Gasteiger partial charge in [-0.2, -0.15) is 4.98 Å². The van der Waals surface area contributed by atoms with E-state index in [0.717, 1.165) is 44.3 Å². The molecular weight excluding hydrogens is 583 g/mol. The molecule has 5 rings (SSSR count). The monoisotopic (exact) mass is 615 g/mol. The lowest BCUT2D eigenvalue weighted by Gasteiger charge is -2.39. The maximum atomic E-state index is 15.0. The zero-order valence-corrected chi connectivity index (χ0v) is 24.1. The fourth-order valence-electron chi connectivity index (χ4n) is 5.02. The number of urea groups is 1. The summed E-state index contributed by atoms with van der Waals surface area (Å²) in [4.78, 5) is 47.1. The van der Waals surface area contributed by atoms with Crippen LogP contribution in [0.15, 0.2) is 42.9 Å². The van der Waals surface area contributed by atoms with Crippen LogP contribution in [0.1, 0.15) is 19.3 Å². The molecule has 234 valence electrons. The molecule has 0 saturated carbocycles. The van der Waals surface area contributed by atoms with Gasteiger partial charge in [-0.1, -0.05) is 0 Å². The third-order valence-corrected chi connectivity index (χ3v) is 7.33. The third-order valence-electron chi connectivity index (χ3n) is 7.33. The molecule has 0 aliphatic carbocycles. The normalized spacial score (nSPS) is 20.5. The molecule has 2 N–H and O–H groups in total. The van der Waals surface area contributed by atoms with E-state index in [9.17, 15) is 18.4 Å². The maximum Gasteiger partial charge on any atom is 0.414 e. The first-order valence-electron chi connectivity index (χ1n) is 14.0. The van der Waals surface area contributed by atoms with Gasteiger partial charge in [0.25, 0.3) is 0 Å². The van der Waals surface area contributed by atoms with Crippen LogP contribution in [0.4, 0.5) is 34.5 Å². The molecule has 44 heavy (non-hydrogen) atoms. The smallest absolute Gasteiger partial charge is 0.414 e. The molecule has 13 nitrogen and oxygen atoms in total. The van der Waals surface area contributed by atoms with E-state index in [1.807, 2.05) is 7.05 Å². The van der Waals surface area contributed by atoms with E-state index in [4.69, 9.17) is 9.47 Å². The minimum Gasteiger partial charge on any atom is -0.434 e. The largest absolute Gasteiger partial charge is 0.434 e. The summed E-state index contributed by atoms with van der Waals surface area (Å²) in [5.41, 5.74) is 0. The molecule has 4 heterocycles. The maximum absolute atomic E-state index is 15.0. The number of aromatic nitrogens is 4. The number of piperidine rings is 2. The molecule has 0 bridgehead atoms. The molecule has 0 spiro atoms. The quantitative estimate of drug-likeness (QED) is 0.406. The van der Waals surface area contributed by atoms with Crippen LogP contribution < -0.4 is 25.0 Å². The summed E-state index contributed by atoms with van der Waals surface area (Å²) < 4.78 is 52.6. The number of anilines is 2. The number of ether oxygens (including phenoxy) is 2. The average Bonchev–Trinajstić information content (AvgIpc) is 2.99. The molecule has 3 aromatic rings. The van der Waals surface area contributed by atoms with Crippen LogP contribution in [-0.2, 0) is 0 Å². The topological polar surface area (TPSA) is 138 Å². The number of likely N-dealkylation sites (tertiary alicyclic amines) is 1. The molecule has 0 radical (unpaired) electrons. The summed E-state index contributed by atoms with van der Waals surface area (Å²) in [7, 11) is 3.44. The molecule has 1 aromatic carbocycles. The van der Waals surface area contributed by atoms with E-state index in [1.165, 1.54) is 30.4 Å². The Labute approximate surface area is 251 Å². The van der Waals surface area contributed by atoms with E-state index in [1.54, 1.807) is 4.90 Å². The lowest BCUT2D eigenvalue weighted by molar-refractivity contribution is 0.133. The van der Waals surface area contributed by atoms with Gasteiger partial charge in [0, 0.05) is 51.1 Å². The molecule has 16 heteroatoms. The number of benzene rings is 1. The Balaban J connectivity index is 1.16. The highest BCUT2D eigenvalue weighted by molar-refractivity contribution is 5.88. The van der Waals surface area contributed by atoms with Crippen LogP contribution in [0.5, 0.6) is 17.5 Å². The Kier molecular flexibility index (Phi) is 9.57. The van der Waals surface area contributed by atoms with Gasteiger partial charge in [-0.05, 0) is 45.0 Å². The summed E-state index contributed by atoms with van der Waals surface area (Å²) in [6.07, 6.45) is 3.79. The molecule has 2 aliphatic rings. The second-order valence-electron chi connectivity index (χ2n) is 10.6. The Hall–Kier alpha value is -4.73. The number of likely N-dealkylation sites (N-methyl/N-ethyl adjacent to an activating group) is 2. The van der Waals surface area contributed by atoms with Crippen LogP contribution in [-0.4, -0.2) is 100 Å². The highest BCUT2D eigenvalue weighted by Crippen LogP contribution is 2.25. The van der Waals surface area contributed by atoms with Gasteiger partial charge in [-0.3, -0.25) is 5.32 Å². The fraction of sp³-hybridized carbons (Fsp3) is 0.429. The van der Waals surface area contributed by atoms with Gasteiger partial charge >= 0.3 is 12.1 Å². The first-order chi connectivity index (χ1) is 21.1. The first-order valence-corrected chi connectivity index (χ1v) is 14.0. The van der Waals surface area contributed by atoms with E-state index in [2.05, 4.69) is 35.5 Å². The van der Waals surface area contributed by atoms with Crippen molar-refractivity contribution in [1.29, 1.82) is 0 Å². The zero-order chi connectivity index (χ0) is 31.2. The molecule has 3 atom stereocenters. The van der Waals surface area contributed by atoms with Crippen molar-refractivity contribution < 1.29 is 32.2 Å². The summed E-state index contributed by atoms with van der Waals surface area (Å²) in [5, 5.41) is 5.39. The number of hydrogen-bond acceptors (Lipinski definition) is 10. The zero-order valence-electron chi connectivity index (χ0n) is 24.1. The first kappa shape index (κ1) is 30.7. The number of nitrogens with zero attached hydrogens (tertiary/aromatic N) is 7. The SMILES string of the molecule is CN1CCC[C@H](NC(=O)Oc2ccnc(N3CC[C@@H](F)[C@@H](N(C)C(=O)Nc4cnc(Oc5ccc(F)cc5F)cn4)C3)n2)C1. The van der Waals surface area contributed by atoms with Crippen molar-refractivity contribution in [3.8, 4) is 17.5 Å². The van der Waals surface area contributed by atoms with E-state index < -0.39 is 36.0 Å². The number of nitrogens with one attached hydrogen (secondary N) is 2. The number of rotatable bonds is 7. The van der Waals surface area contributed by atoms with Crippen molar-refractivity contribution in [2.75, 3.05) is 50.5 Å². The summed E-state index contributed by atoms with van der Waals surface area (Å²) in [6, 6.07) is 2.76. The summed E-state index contributed by atoms with van der Waals surface area (Å²) >= 11 is 0. The van der Waals surface area contributed by atoms with Gasteiger partial charge in [-0.15, -0.1) is 0 Å². The lowest BCUT2D eigenvalue weighted by atomic mass is 10.0. The highest BCUT2D eigenvalue weighted by Gasteiger charge is 2.35. The van der Waals surface area contributed by atoms with Crippen molar-refractivity contribution in [3.63, 3.8) is 0 Å². The van der Waals surface area contributed by atoms with Crippen molar-refractivity contribution in [2.24, 2.45) is 0 Å². The minimum absolute atomic E-state index is 0.0168. The van der Waals surface area contributed by atoms with Crippen LogP contribution in [0.3, 0.4) is 0 Å². The summed E-state index contributed by atoms with van der Waals surface area (Å²) in [5.74, 6) is -1.66. The summed E-state index contributed by atoms with van der Waals surface area (Å²) in [6.45, 7) is 2.08. The fourth-order valence-corrected chi connectivity index (χ4v) is 5.02. The van der Waals surface area contributed by atoms with Gasteiger partial charge in [0.05, 0.1) is 18.4 Å². The molecular formula is C28H32F3N9O4. The Bertz CT molecular complexity index is 1470.